The molecule has 0 amide bonds. The summed E-state index contributed by atoms with van der Waals surface area (Å²) in [4.78, 5) is 12.9. The van der Waals surface area contributed by atoms with Crippen LogP contribution in [0.2, 0.25) is 0 Å². The van der Waals surface area contributed by atoms with Crippen molar-refractivity contribution in [2.75, 3.05) is 11.9 Å². The van der Waals surface area contributed by atoms with Crippen LogP contribution in [0.1, 0.15) is 38.2 Å². The minimum Gasteiger partial charge on any atom is -0.392 e. The first-order valence-corrected chi connectivity index (χ1v) is 7.15. The average Bonchev–Trinajstić information content (AvgIpc) is 2.46. The molecule has 0 aliphatic heterocycles. The van der Waals surface area contributed by atoms with Crippen molar-refractivity contribution < 1.29 is 10.0 Å². The van der Waals surface area contributed by atoms with Crippen molar-refractivity contribution in [1.82, 2.24) is 0 Å². The molecule has 2 unspecified atom stereocenters. The van der Waals surface area contributed by atoms with Crippen molar-refractivity contribution in [3.8, 4) is 0 Å². The number of rotatable bonds is 4. The topological polar surface area (TPSA) is 66.6 Å². The predicted octanol–water partition coefficient (Wildman–Crippen LogP) is 3.10. The molecular formula is C15H22N2O3. The summed E-state index contributed by atoms with van der Waals surface area (Å²) in [6.07, 6.45) is 4.69. The third-order valence-corrected chi connectivity index (χ3v) is 4.36. The lowest BCUT2D eigenvalue weighted by molar-refractivity contribution is -0.384. The maximum absolute atomic E-state index is 11.3. The molecule has 1 aromatic rings. The molecule has 0 aromatic heterocycles. The summed E-state index contributed by atoms with van der Waals surface area (Å²) in [5.74, 6) is 0.547. The van der Waals surface area contributed by atoms with Gasteiger partial charge in [0.2, 0.25) is 0 Å². The fourth-order valence-corrected chi connectivity index (χ4v) is 3.16. The maximum atomic E-state index is 11.3. The number of hydrogen-bond acceptors (Lipinski definition) is 4. The Morgan fingerprint density at radius 1 is 1.40 bits per heavy atom. The minimum absolute atomic E-state index is 0.0804. The second-order valence-electron chi connectivity index (χ2n) is 5.68. The number of anilines is 1. The minimum atomic E-state index is -0.363. The molecule has 0 spiro atoms. The Morgan fingerprint density at radius 2 is 2.10 bits per heavy atom. The molecule has 2 rings (SSSR count). The zero-order valence-electron chi connectivity index (χ0n) is 12.1. The second kappa shape index (κ2) is 6.22. The van der Waals surface area contributed by atoms with Gasteiger partial charge in [0.25, 0.3) is 5.69 Å². The van der Waals surface area contributed by atoms with E-state index in [1.807, 2.05) is 11.9 Å². The van der Waals surface area contributed by atoms with E-state index >= 15 is 0 Å². The Hall–Kier alpha value is -1.62. The van der Waals surface area contributed by atoms with Crippen LogP contribution in [0.3, 0.4) is 0 Å². The largest absolute Gasteiger partial charge is 0.392 e. The lowest BCUT2D eigenvalue weighted by Gasteiger charge is -2.37. The molecule has 0 radical (unpaired) electrons. The molecule has 20 heavy (non-hydrogen) atoms. The van der Waals surface area contributed by atoms with Gasteiger partial charge in [-0.2, -0.15) is 0 Å². The number of hydrogen-bond donors (Lipinski definition) is 1. The maximum Gasteiger partial charge on any atom is 0.292 e. The van der Waals surface area contributed by atoms with Crippen LogP contribution in [0.25, 0.3) is 0 Å². The van der Waals surface area contributed by atoms with Crippen molar-refractivity contribution in [3.05, 3.63) is 33.9 Å². The highest BCUT2D eigenvalue weighted by molar-refractivity contribution is 5.64. The van der Waals surface area contributed by atoms with E-state index in [2.05, 4.69) is 6.92 Å². The van der Waals surface area contributed by atoms with Gasteiger partial charge < -0.3 is 10.0 Å². The number of nitrogens with zero attached hydrogens (tertiary/aromatic N) is 2. The molecule has 1 fully saturated rings. The molecule has 0 bridgehead atoms. The van der Waals surface area contributed by atoms with Crippen LogP contribution in [-0.2, 0) is 6.61 Å². The predicted molar refractivity (Wildman–Crippen MR) is 78.8 cm³/mol. The van der Waals surface area contributed by atoms with Crippen LogP contribution in [0.5, 0.6) is 0 Å². The van der Waals surface area contributed by atoms with Gasteiger partial charge in [0.05, 0.1) is 11.5 Å². The van der Waals surface area contributed by atoms with Gasteiger partial charge in [0.1, 0.15) is 5.69 Å². The summed E-state index contributed by atoms with van der Waals surface area (Å²) in [5, 5.41) is 20.4. The van der Waals surface area contributed by atoms with Gasteiger partial charge in [-0.05, 0) is 30.4 Å². The summed E-state index contributed by atoms with van der Waals surface area (Å²) >= 11 is 0. The number of aliphatic hydroxyl groups excluding tert-OH is 1. The van der Waals surface area contributed by atoms with E-state index in [0.29, 0.717) is 23.2 Å². The molecule has 1 aromatic carbocycles. The highest BCUT2D eigenvalue weighted by Crippen LogP contribution is 2.35. The van der Waals surface area contributed by atoms with Crippen LogP contribution >= 0.6 is 0 Å². The Balaban J connectivity index is 2.33. The van der Waals surface area contributed by atoms with Crippen molar-refractivity contribution in [3.63, 3.8) is 0 Å². The fraction of sp³-hybridized carbons (Fsp3) is 0.600. The second-order valence-corrected chi connectivity index (χ2v) is 5.68. The van der Waals surface area contributed by atoms with E-state index in [1.165, 1.54) is 25.3 Å². The molecule has 0 saturated heterocycles. The summed E-state index contributed by atoms with van der Waals surface area (Å²) in [6, 6.07) is 5.33. The van der Waals surface area contributed by atoms with Gasteiger partial charge in [0, 0.05) is 19.2 Å². The Kier molecular flexibility index (Phi) is 4.60. The van der Waals surface area contributed by atoms with Crippen LogP contribution in [0.15, 0.2) is 18.2 Å². The summed E-state index contributed by atoms with van der Waals surface area (Å²) < 4.78 is 0. The third-order valence-electron chi connectivity index (χ3n) is 4.36. The highest BCUT2D eigenvalue weighted by Gasteiger charge is 2.28. The molecule has 5 nitrogen and oxygen atoms in total. The van der Waals surface area contributed by atoms with Gasteiger partial charge >= 0.3 is 0 Å². The van der Waals surface area contributed by atoms with E-state index in [9.17, 15) is 10.1 Å². The molecule has 2 atom stereocenters. The van der Waals surface area contributed by atoms with Gasteiger partial charge in [-0.3, -0.25) is 10.1 Å². The Morgan fingerprint density at radius 3 is 2.70 bits per heavy atom. The molecule has 1 N–H and O–H groups in total. The van der Waals surface area contributed by atoms with Crippen LogP contribution in [-0.4, -0.2) is 23.1 Å². The molecule has 5 heteroatoms. The zero-order valence-corrected chi connectivity index (χ0v) is 12.1. The lowest BCUT2D eigenvalue weighted by Crippen LogP contribution is -2.39. The van der Waals surface area contributed by atoms with E-state index in [4.69, 9.17) is 5.11 Å². The molecule has 0 heterocycles. The monoisotopic (exact) mass is 278 g/mol. The smallest absolute Gasteiger partial charge is 0.292 e. The molecular weight excluding hydrogens is 256 g/mol. The van der Waals surface area contributed by atoms with E-state index in [-0.39, 0.29) is 17.2 Å². The SMILES string of the molecule is CC1CCCCC1N(C)c1ccc(CO)cc1[N+](=O)[O-]. The van der Waals surface area contributed by atoms with Gasteiger partial charge in [-0.1, -0.05) is 25.8 Å². The summed E-state index contributed by atoms with van der Waals surface area (Å²) in [6.45, 7) is 2.04. The Bertz CT molecular complexity index is 490. The first-order valence-electron chi connectivity index (χ1n) is 7.15. The van der Waals surface area contributed by atoms with Gasteiger partial charge in [0.15, 0.2) is 0 Å². The number of benzene rings is 1. The first kappa shape index (κ1) is 14.8. The quantitative estimate of drug-likeness (QED) is 0.679. The average molecular weight is 278 g/mol. The normalized spacial score (nSPS) is 22.6. The van der Waals surface area contributed by atoms with Crippen molar-refractivity contribution >= 4 is 11.4 Å². The van der Waals surface area contributed by atoms with E-state index in [0.717, 1.165) is 6.42 Å². The summed E-state index contributed by atoms with van der Waals surface area (Å²) in [7, 11) is 1.94. The van der Waals surface area contributed by atoms with E-state index in [1.54, 1.807) is 12.1 Å². The zero-order chi connectivity index (χ0) is 14.7. The standard InChI is InChI=1S/C15H22N2O3/c1-11-5-3-4-6-13(11)16(2)14-8-7-12(10-18)9-15(14)17(19)20/h7-9,11,13,18H,3-6,10H2,1-2H3. The Labute approximate surface area is 119 Å². The van der Waals surface area contributed by atoms with Crippen LogP contribution in [0, 0.1) is 16.0 Å². The van der Waals surface area contributed by atoms with Crippen LogP contribution in [0.4, 0.5) is 11.4 Å². The van der Waals surface area contributed by atoms with Crippen molar-refractivity contribution in [2.24, 2.45) is 5.92 Å². The van der Waals surface area contributed by atoms with Gasteiger partial charge in [-0.25, -0.2) is 0 Å². The van der Waals surface area contributed by atoms with Crippen molar-refractivity contribution in [1.29, 1.82) is 0 Å². The molecule has 110 valence electrons. The van der Waals surface area contributed by atoms with Crippen molar-refractivity contribution in [2.45, 2.75) is 45.3 Å². The summed E-state index contributed by atoms with van der Waals surface area (Å²) in [5.41, 5.74) is 1.30. The fourth-order valence-electron chi connectivity index (χ4n) is 3.16. The third kappa shape index (κ3) is 2.93. The molecule has 1 saturated carbocycles. The first-order chi connectivity index (χ1) is 9.54. The van der Waals surface area contributed by atoms with Crippen LogP contribution < -0.4 is 4.90 Å². The molecule has 1 aliphatic carbocycles. The lowest BCUT2D eigenvalue weighted by atomic mass is 9.85. The number of nitro groups is 1. The number of nitro benzene ring substituents is 1. The molecule has 1 aliphatic rings. The van der Waals surface area contributed by atoms with Gasteiger partial charge in [-0.15, -0.1) is 0 Å². The number of aliphatic hydroxyl groups is 1. The van der Waals surface area contributed by atoms with E-state index < -0.39 is 0 Å². The highest BCUT2D eigenvalue weighted by atomic mass is 16.6.